The molecule has 1 aliphatic heterocycles. The SMILES string of the molecule is Cc1nnc2sc(-c3cccc4c3CCCN4)nn12. The zero-order valence-corrected chi connectivity index (χ0v) is 11.4. The van der Waals surface area contributed by atoms with Crippen molar-refractivity contribution >= 4 is 22.0 Å². The van der Waals surface area contributed by atoms with E-state index in [9.17, 15) is 0 Å². The molecule has 3 aromatic rings. The van der Waals surface area contributed by atoms with Crippen molar-refractivity contribution in [3.8, 4) is 10.6 Å². The quantitative estimate of drug-likeness (QED) is 0.739. The van der Waals surface area contributed by atoms with Gasteiger partial charge in [0.25, 0.3) is 0 Å². The zero-order valence-electron chi connectivity index (χ0n) is 10.6. The van der Waals surface area contributed by atoms with Crippen LogP contribution in [0.3, 0.4) is 0 Å². The van der Waals surface area contributed by atoms with Crippen LogP contribution in [-0.2, 0) is 6.42 Å². The molecule has 0 aliphatic carbocycles. The first-order chi connectivity index (χ1) is 9.33. The summed E-state index contributed by atoms with van der Waals surface area (Å²) in [5.74, 6) is 0.834. The summed E-state index contributed by atoms with van der Waals surface area (Å²) in [5, 5.41) is 17.3. The van der Waals surface area contributed by atoms with Gasteiger partial charge >= 0.3 is 0 Å². The zero-order chi connectivity index (χ0) is 12.8. The minimum Gasteiger partial charge on any atom is -0.385 e. The monoisotopic (exact) mass is 271 g/mol. The predicted octanol–water partition coefficient (Wildman–Crippen LogP) is 2.52. The Morgan fingerprint density at radius 2 is 2.26 bits per heavy atom. The van der Waals surface area contributed by atoms with E-state index in [0.717, 1.165) is 28.8 Å². The first-order valence-corrected chi connectivity index (χ1v) is 7.19. The van der Waals surface area contributed by atoms with Gasteiger partial charge in [-0.05, 0) is 31.4 Å². The molecule has 1 aromatic carbocycles. The van der Waals surface area contributed by atoms with E-state index in [4.69, 9.17) is 0 Å². The number of aryl methyl sites for hydroxylation is 1. The van der Waals surface area contributed by atoms with Crippen molar-refractivity contribution in [3.05, 3.63) is 29.6 Å². The molecule has 1 N–H and O–H groups in total. The lowest BCUT2D eigenvalue weighted by Crippen LogP contribution is -2.12. The second-order valence-electron chi connectivity index (χ2n) is 4.71. The average molecular weight is 271 g/mol. The normalized spacial score (nSPS) is 14.4. The third-order valence-electron chi connectivity index (χ3n) is 3.47. The average Bonchev–Trinajstić information content (AvgIpc) is 3.01. The second kappa shape index (κ2) is 4.03. The van der Waals surface area contributed by atoms with Crippen molar-refractivity contribution in [1.82, 2.24) is 19.8 Å². The molecule has 0 bridgehead atoms. The standard InChI is InChI=1S/C13H13N5S/c1-8-15-16-13-18(8)17-12(19-13)10-4-2-6-11-9(10)5-3-7-14-11/h2,4,6,14H,3,5,7H2,1H3. The molecule has 0 amide bonds. The van der Waals surface area contributed by atoms with E-state index < -0.39 is 0 Å². The fraction of sp³-hybridized carbons (Fsp3) is 0.308. The predicted molar refractivity (Wildman–Crippen MR) is 75.6 cm³/mol. The highest BCUT2D eigenvalue weighted by atomic mass is 32.1. The van der Waals surface area contributed by atoms with Crippen LogP contribution < -0.4 is 5.32 Å². The lowest BCUT2D eigenvalue weighted by Gasteiger charge is -2.19. The van der Waals surface area contributed by atoms with Crippen molar-refractivity contribution in [2.75, 3.05) is 11.9 Å². The summed E-state index contributed by atoms with van der Waals surface area (Å²) in [6.07, 6.45) is 2.28. The Hall–Kier alpha value is -1.95. The van der Waals surface area contributed by atoms with E-state index in [1.807, 2.05) is 11.4 Å². The van der Waals surface area contributed by atoms with Gasteiger partial charge in [-0.25, -0.2) is 0 Å². The molecule has 0 atom stereocenters. The van der Waals surface area contributed by atoms with Crippen LogP contribution in [-0.4, -0.2) is 26.4 Å². The number of anilines is 1. The van der Waals surface area contributed by atoms with E-state index >= 15 is 0 Å². The van der Waals surface area contributed by atoms with Gasteiger partial charge in [-0.2, -0.15) is 9.61 Å². The van der Waals surface area contributed by atoms with Crippen molar-refractivity contribution < 1.29 is 0 Å². The molecular weight excluding hydrogens is 258 g/mol. The Balaban J connectivity index is 1.91. The molecule has 19 heavy (non-hydrogen) atoms. The van der Waals surface area contributed by atoms with Crippen molar-refractivity contribution in [2.45, 2.75) is 19.8 Å². The van der Waals surface area contributed by atoms with E-state index in [1.165, 1.54) is 23.2 Å². The van der Waals surface area contributed by atoms with Gasteiger partial charge in [0.15, 0.2) is 5.82 Å². The van der Waals surface area contributed by atoms with Gasteiger partial charge in [0.05, 0.1) is 0 Å². The lowest BCUT2D eigenvalue weighted by atomic mass is 9.98. The third-order valence-corrected chi connectivity index (χ3v) is 4.40. The summed E-state index contributed by atoms with van der Waals surface area (Å²) in [5.41, 5.74) is 3.84. The Labute approximate surface area is 114 Å². The van der Waals surface area contributed by atoms with Crippen molar-refractivity contribution in [1.29, 1.82) is 0 Å². The van der Waals surface area contributed by atoms with E-state index in [2.05, 4.69) is 38.8 Å². The van der Waals surface area contributed by atoms with E-state index in [0.29, 0.717) is 0 Å². The summed E-state index contributed by atoms with van der Waals surface area (Å²) in [6.45, 7) is 2.98. The summed E-state index contributed by atoms with van der Waals surface area (Å²) >= 11 is 1.59. The second-order valence-corrected chi connectivity index (χ2v) is 5.67. The smallest absolute Gasteiger partial charge is 0.234 e. The van der Waals surface area contributed by atoms with E-state index in [-0.39, 0.29) is 0 Å². The summed E-state index contributed by atoms with van der Waals surface area (Å²) < 4.78 is 1.82. The van der Waals surface area contributed by atoms with Crippen molar-refractivity contribution in [3.63, 3.8) is 0 Å². The number of rotatable bonds is 1. The molecule has 0 saturated carbocycles. The topological polar surface area (TPSA) is 55.1 Å². The van der Waals surface area contributed by atoms with Gasteiger partial charge in [0.2, 0.25) is 4.96 Å². The van der Waals surface area contributed by atoms with Crippen molar-refractivity contribution in [2.24, 2.45) is 0 Å². The Kier molecular flexibility index (Phi) is 2.32. The van der Waals surface area contributed by atoms with Crippen LogP contribution in [0.2, 0.25) is 0 Å². The number of hydrogen-bond donors (Lipinski definition) is 1. The highest BCUT2D eigenvalue weighted by molar-refractivity contribution is 7.19. The number of benzene rings is 1. The summed E-state index contributed by atoms with van der Waals surface area (Å²) in [4.78, 5) is 0.855. The number of fused-ring (bicyclic) bond motifs is 2. The van der Waals surface area contributed by atoms with Gasteiger partial charge < -0.3 is 5.32 Å². The van der Waals surface area contributed by atoms with Crippen LogP contribution in [0.5, 0.6) is 0 Å². The molecule has 6 heteroatoms. The van der Waals surface area contributed by atoms with Gasteiger partial charge in [-0.15, -0.1) is 10.2 Å². The van der Waals surface area contributed by atoms with Crippen LogP contribution in [0, 0.1) is 6.92 Å². The van der Waals surface area contributed by atoms with E-state index in [1.54, 1.807) is 11.3 Å². The highest BCUT2D eigenvalue weighted by Gasteiger charge is 2.17. The minimum atomic E-state index is 0.834. The first-order valence-electron chi connectivity index (χ1n) is 6.38. The fourth-order valence-corrected chi connectivity index (χ4v) is 3.47. The summed E-state index contributed by atoms with van der Waals surface area (Å²) in [7, 11) is 0. The largest absolute Gasteiger partial charge is 0.385 e. The molecule has 0 radical (unpaired) electrons. The molecular formula is C13H13N5S. The first kappa shape index (κ1) is 10.9. The van der Waals surface area contributed by atoms with Crippen LogP contribution in [0.1, 0.15) is 17.8 Å². The minimum absolute atomic E-state index is 0.834. The number of hydrogen-bond acceptors (Lipinski definition) is 5. The number of aromatic nitrogens is 4. The maximum Gasteiger partial charge on any atom is 0.234 e. The van der Waals surface area contributed by atoms with Crippen LogP contribution in [0.15, 0.2) is 18.2 Å². The maximum absolute atomic E-state index is 4.63. The number of nitrogens with zero attached hydrogens (tertiary/aromatic N) is 4. The van der Waals surface area contributed by atoms with Crippen LogP contribution >= 0.6 is 11.3 Å². The highest BCUT2D eigenvalue weighted by Crippen LogP contribution is 2.34. The Bertz CT molecular complexity index is 758. The molecule has 1 aliphatic rings. The van der Waals surface area contributed by atoms with Gasteiger partial charge in [0, 0.05) is 17.8 Å². The third kappa shape index (κ3) is 1.63. The molecule has 3 heterocycles. The van der Waals surface area contributed by atoms with Crippen LogP contribution in [0.4, 0.5) is 5.69 Å². The lowest BCUT2D eigenvalue weighted by molar-refractivity contribution is 0.830. The van der Waals surface area contributed by atoms with Crippen LogP contribution in [0.25, 0.3) is 15.5 Å². The molecule has 0 spiro atoms. The Morgan fingerprint density at radius 3 is 3.16 bits per heavy atom. The summed E-state index contributed by atoms with van der Waals surface area (Å²) in [6, 6.07) is 6.37. The Morgan fingerprint density at radius 1 is 1.32 bits per heavy atom. The van der Waals surface area contributed by atoms with Gasteiger partial charge in [-0.3, -0.25) is 0 Å². The molecule has 4 rings (SSSR count). The van der Waals surface area contributed by atoms with Gasteiger partial charge in [0.1, 0.15) is 5.01 Å². The molecule has 96 valence electrons. The molecule has 2 aromatic heterocycles. The van der Waals surface area contributed by atoms with Gasteiger partial charge in [-0.1, -0.05) is 23.5 Å². The number of nitrogens with one attached hydrogen (secondary N) is 1. The fourth-order valence-electron chi connectivity index (χ4n) is 2.53. The molecule has 5 nitrogen and oxygen atoms in total. The maximum atomic E-state index is 4.63. The molecule has 0 saturated heterocycles. The molecule has 0 unspecified atom stereocenters. The molecule has 0 fully saturated rings.